The van der Waals surface area contributed by atoms with Crippen LogP contribution >= 0.6 is 24.2 Å². The van der Waals surface area contributed by atoms with Gasteiger partial charge in [0.1, 0.15) is 0 Å². The summed E-state index contributed by atoms with van der Waals surface area (Å²) >= 11 is 10.4. The van der Waals surface area contributed by atoms with Crippen molar-refractivity contribution in [2.24, 2.45) is 17.1 Å². The van der Waals surface area contributed by atoms with Crippen molar-refractivity contribution in [3.8, 4) is 0 Å². The molecule has 0 aliphatic carbocycles. The van der Waals surface area contributed by atoms with Gasteiger partial charge in [-0.2, -0.15) is 12.6 Å². The minimum atomic E-state index is -0.970. The van der Waals surface area contributed by atoms with Crippen LogP contribution in [0.25, 0.3) is 0 Å². The molecule has 2 rings (SSSR count). The van der Waals surface area contributed by atoms with Crippen LogP contribution in [-0.4, -0.2) is 43.7 Å². The minimum Gasteiger partial charge on any atom is -0.469 e. The molecule has 1 fully saturated rings. The number of nitrogens with two attached hydrogens (primary N) is 1. The predicted molar refractivity (Wildman–Crippen MR) is 97.4 cm³/mol. The first-order valence-corrected chi connectivity index (χ1v) is 8.90. The zero-order valence-electron chi connectivity index (χ0n) is 13.6. The first kappa shape index (κ1) is 19.2. The Morgan fingerprint density at radius 1 is 1.50 bits per heavy atom. The molecule has 1 aliphatic heterocycles. The molecule has 0 saturated carbocycles. The van der Waals surface area contributed by atoms with Crippen LogP contribution in [0.2, 0.25) is 5.02 Å². The number of benzene rings is 1. The standard InChI is InChI=1S/C17H23ClN2O3S/c1-23-16(22)17(8-11-4-2-3-5-13(11)18)6-7-20-9-12(17)15(21)14(19)10-24/h2-5,12,14,20,24H,6-10,19H2,1H3/t12?,14-,17?/m0/s1. The van der Waals surface area contributed by atoms with Crippen molar-refractivity contribution in [1.82, 2.24) is 5.32 Å². The molecule has 0 amide bonds. The van der Waals surface area contributed by atoms with Gasteiger partial charge in [-0.05, 0) is 31.0 Å². The number of esters is 1. The highest BCUT2D eigenvalue weighted by molar-refractivity contribution is 7.80. The number of Topliss-reactive ketones (excluding diaryl/α,β-unsaturated/α-hetero) is 1. The van der Waals surface area contributed by atoms with Gasteiger partial charge in [-0.3, -0.25) is 9.59 Å². The number of halogens is 1. The molecule has 3 N–H and O–H groups in total. The highest BCUT2D eigenvalue weighted by Crippen LogP contribution is 2.41. The van der Waals surface area contributed by atoms with Crippen molar-refractivity contribution < 1.29 is 14.3 Å². The van der Waals surface area contributed by atoms with E-state index < -0.39 is 23.3 Å². The molecule has 0 bridgehead atoms. The van der Waals surface area contributed by atoms with Crippen LogP contribution < -0.4 is 11.1 Å². The molecule has 2 unspecified atom stereocenters. The molecule has 1 aromatic carbocycles. The Morgan fingerprint density at radius 2 is 2.21 bits per heavy atom. The van der Waals surface area contributed by atoms with Gasteiger partial charge in [-0.1, -0.05) is 29.8 Å². The Labute approximate surface area is 152 Å². The van der Waals surface area contributed by atoms with Crippen LogP contribution in [0.15, 0.2) is 24.3 Å². The average molecular weight is 371 g/mol. The second kappa shape index (κ2) is 8.34. The van der Waals surface area contributed by atoms with Crippen LogP contribution in [0.1, 0.15) is 12.0 Å². The van der Waals surface area contributed by atoms with E-state index in [-0.39, 0.29) is 11.5 Å². The van der Waals surface area contributed by atoms with Gasteiger partial charge in [0, 0.05) is 23.2 Å². The molecule has 132 valence electrons. The lowest BCUT2D eigenvalue weighted by molar-refractivity contribution is -0.161. The maximum Gasteiger partial charge on any atom is 0.312 e. The summed E-state index contributed by atoms with van der Waals surface area (Å²) in [5, 5.41) is 3.76. The molecule has 1 aromatic rings. The summed E-state index contributed by atoms with van der Waals surface area (Å²) in [5.41, 5.74) is 5.75. The van der Waals surface area contributed by atoms with Gasteiger partial charge in [0.2, 0.25) is 0 Å². The molecule has 0 spiro atoms. The number of hydrogen-bond donors (Lipinski definition) is 3. The summed E-state index contributed by atoms with van der Waals surface area (Å²) in [6.45, 7) is 1.01. The summed E-state index contributed by atoms with van der Waals surface area (Å²) in [6.07, 6.45) is 0.831. The smallest absolute Gasteiger partial charge is 0.312 e. The van der Waals surface area contributed by atoms with Gasteiger partial charge in [-0.15, -0.1) is 0 Å². The summed E-state index contributed by atoms with van der Waals surface area (Å²) in [6, 6.07) is 6.63. The summed E-state index contributed by atoms with van der Waals surface area (Å²) < 4.78 is 5.08. The van der Waals surface area contributed by atoms with Gasteiger partial charge in [0.05, 0.1) is 18.6 Å². The Bertz CT molecular complexity index is 613. The zero-order chi connectivity index (χ0) is 17.7. The second-order valence-corrected chi connectivity index (χ2v) is 6.89. The molecule has 0 aromatic heterocycles. The van der Waals surface area contributed by atoms with E-state index in [0.717, 1.165) is 5.56 Å². The number of thiol groups is 1. The van der Waals surface area contributed by atoms with Crippen LogP contribution in [0.4, 0.5) is 0 Å². The molecule has 24 heavy (non-hydrogen) atoms. The highest BCUT2D eigenvalue weighted by Gasteiger charge is 2.52. The molecule has 3 atom stereocenters. The Kier molecular flexibility index (Phi) is 6.69. The van der Waals surface area contributed by atoms with Crippen LogP contribution in [0.5, 0.6) is 0 Å². The Hall–Kier alpha value is -1.08. The van der Waals surface area contributed by atoms with Crippen molar-refractivity contribution in [2.75, 3.05) is 26.0 Å². The third-order valence-corrected chi connectivity index (χ3v) is 5.49. The van der Waals surface area contributed by atoms with E-state index in [1.165, 1.54) is 7.11 Å². The lowest BCUT2D eigenvalue weighted by Gasteiger charge is -2.42. The van der Waals surface area contributed by atoms with Crippen molar-refractivity contribution in [3.05, 3.63) is 34.9 Å². The number of ketones is 1. The number of nitrogens with one attached hydrogen (secondary N) is 1. The Morgan fingerprint density at radius 3 is 2.83 bits per heavy atom. The number of hydrogen-bond acceptors (Lipinski definition) is 6. The van der Waals surface area contributed by atoms with E-state index in [2.05, 4.69) is 17.9 Å². The predicted octanol–water partition coefficient (Wildman–Crippen LogP) is 1.48. The van der Waals surface area contributed by atoms with E-state index in [0.29, 0.717) is 31.0 Å². The molecular weight excluding hydrogens is 348 g/mol. The maximum atomic E-state index is 12.8. The topological polar surface area (TPSA) is 81.4 Å². The van der Waals surface area contributed by atoms with Gasteiger partial charge in [-0.25, -0.2) is 0 Å². The van der Waals surface area contributed by atoms with Crippen LogP contribution in [-0.2, 0) is 20.7 Å². The zero-order valence-corrected chi connectivity index (χ0v) is 15.3. The first-order chi connectivity index (χ1) is 11.5. The molecular formula is C17H23ClN2O3S. The van der Waals surface area contributed by atoms with E-state index >= 15 is 0 Å². The highest BCUT2D eigenvalue weighted by atomic mass is 35.5. The molecule has 1 heterocycles. The fourth-order valence-corrected chi connectivity index (χ4v) is 3.74. The summed E-state index contributed by atoms with van der Waals surface area (Å²) in [4.78, 5) is 25.5. The Balaban J connectivity index is 2.45. The molecule has 5 nitrogen and oxygen atoms in total. The van der Waals surface area contributed by atoms with E-state index in [1.807, 2.05) is 18.2 Å². The monoisotopic (exact) mass is 370 g/mol. The average Bonchev–Trinajstić information content (AvgIpc) is 2.62. The fraction of sp³-hybridized carbons (Fsp3) is 0.529. The number of carbonyl (C=O) groups is 2. The number of rotatable bonds is 6. The van der Waals surface area contributed by atoms with Gasteiger partial charge >= 0.3 is 5.97 Å². The summed E-state index contributed by atoms with van der Waals surface area (Å²) in [5.74, 6) is -0.904. The summed E-state index contributed by atoms with van der Waals surface area (Å²) in [7, 11) is 1.35. The van der Waals surface area contributed by atoms with E-state index in [4.69, 9.17) is 22.1 Å². The van der Waals surface area contributed by atoms with Gasteiger partial charge in [0.15, 0.2) is 5.78 Å². The normalized spacial score (nSPS) is 25.1. The van der Waals surface area contributed by atoms with Crippen molar-refractivity contribution in [2.45, 2.75) is 18.9 Å². The number of ether oxygens (including phenoxy) is 1. The maximum absolute atomic E-state index is 12.8. The minimum absolute atomic E-state index is 0.172. The SMILES string of the molecule is COC(=O)C1(Cc2ccccc2Cl)CCNCC1C(=O)[C@@H](N)CS. The molecule has 7 heteroatoms. The van der Waals surface area contributed by atoms with E-state index in [1.54, 1.807) is 6.07 Å². The van der Waals surface area contributed by atoms with Crippen LogP contribution in [0.3, 0.4) is 0 Å². The van der Waals surface area contributed by atoms with Crippen molar-refractivity contribution in [3.63, 3.8) is 0 Å². The first-order valence-electron chi connectivity index (χ1n) is 7.89. The van der Waals surface area contributed by atoms with Gasteiger partial charge < -0.3 is 15.8 Å². The number of piperidine rings is 1. The van der Waals surface area contributed by atoms with E-state index in [9.17, 15) is 9.59 Å². The quantitative estimate of drug-likeness (QED) is 0.522. The van der Waals surface area contributed by atoms with Crippen molar-refractivity contribution >= 4 is 36.0 Å². The third-order valence-electron chi connectivity index (χ3n) is 4.72. The fourth-order valence-electron chi connectivity index (χ4n) is 3.36. The van der Waals surface area contributed by atoms with Crippen LogP contribution in [0, 0.1) is 11.3 Å². The largest absolute Gasteiger partial charge is 0.469 e. The molecule has 0 radical (unpaired) electrons. The lowest BCUT2D eigenvalue weighted by atomic mass is 9.64. The number of methoxy groups -OCH3 is 1. The van der Waals surface area contributed by atoms with Crippen molar-refractivity contribution in [1.29, 1.82) is 0 Å². The lowest BCUT2D eigenvalue weighted by Crippen LogP contribution is -2.57. The molecule has 1 aliphatic rings. The third kappa shape index (κ3) is 3.77. The van der Waals surface area contributed by atoms with Gasteiger partial charge in [0.25, 0.3) is 0 Å². The second-order valence-electron chi connectivity index (χ2n) is 6.11. The molecule has 1 saturated heterocycles. The number of carbonyl (C=O) groups excluding carboxylic acids is 2.